The molecule has 22 heavy (non-hydrogen) atoms. The van der Waals surface area contributed by atoms with Crippen molar-refractivity contribution in [3.63, 3.8) is 0 Å². The fourth-order valence-electron chi connectivity index (χ4n) is 2.18. The van der Waals surface area contributed by atoms with Crippen molar-refractivity contribution in [2.75, 3.05) is 11.9 Å². The third-order valence-electron chi connectivity index (χ3n) is 3.41. The molecule has 3 aromatic rings. The molecule has 114 valence electrons. The molecule has 7 nitrogen and oxygen atoms in total. The number of aliphatic hydroxyl groups is 1. The number of fused-ring (bicyclic) bond motifs is 1. The number of aromatic nitrogens is 4. The van der Waals surface area contributed by atoms with E-state index in [1.165, 1.54) is 0 Å². The Hall–Kier alpha value is -2.51. The smallest absolute Gasteiger partial charge is 0.165 e. The molecule has 0 aliphatic rings. The lowest BCUT2D eigenvalue weighted by atomic mass is 10.2. The van der Waals surface area contributed by atoms with Crippen LogP contribution in [-0.4, -0.2) is 31.2 Å². The zero-order valence-electron chi connectivity index (χ0n) is 12.3. The number of aliphatic hydroxyl groups excluding tert-OH is 1. The summed E-state index contributed by atoms with van der Waals surface area (Å²) in [6, 6.07) is 9.40. The third-order valence-corrected chi connectivity index (χ3v) is 3.41. The molecule has 4 N–H and O–H groups in total. The summed E-state index contributed by atoms with van der Waals surface area (Å²) < 4.78 is 1.80. The van der Waals surface area contributed by atoms with Crippen molar-refractivity contribution in [2.24, 2.45) is 12.8 Å². The van der Waals surface area contributed by atoms with Crippen LogP contribution in [0.25, 0.3) is 11.2 Å². The SMILES string of the molecule is Cn1cnc2c(NCc3ccccc3)nc(C(N)CO)nc21. The van der Waals surface area contributed by atoms with Crippen LogP contribution in [0.15, 0.2) is 36.7 Å². The van der Waals surface area contributed by atoms with E-state index in [0.717, 1.165) is 5.56 Å². The van der Waals surface area contributed by atoms with Crippen LogP contribution in [0.2, 0.25) is 0 Å². The molecule has 2 aromatic heterocycles. The molecule has 7 heteroatoms. The number of rotatable bonds is 5. The molecule has 1 unspecified atom stereocenters. The number of nitrogens with one attached hydrogen (secondary N) is 1. The van der Waals surface area contributed by atoms with Crippen LogP contribution in [0.3, 0.4) is 0 Å². The Kier molecular flexibility index (Phi) is 3.99. The zero-order chi connectivity index (χ0) is 15.5. The van der Waals surface area contributed by atoms with Crippen LogP contribution in [0.5, 0.6) is 0 Å². The number of imidazole rings is 1. The van der Waals surface area contributed by atoms with Crippen LogP contribution in [0, 0.1) is 0 Å². The Morgan fingerprint density at radius 1 is 1.27 bits per heavy atom. The molecule has 1 aromatic carbocycles. The highest BCUT2D eigenvalue weighted by molar-refractivity contribution is 5.83. The van der Waals surface area contributed by atoms with E-state index < -0.39 is 6.04 Å². The molecular formula is C15H18N6O. The molecule has 3 rings (SSSR count). The van der Waals surface area contributed by atoms with E-state index in [1.807, 2.05) is 37.4 Å². The summed E-state index contributed by atoms with van der Waals surface area (Å²) in [5, 5.41) is 12.5. The monoisotopic (exact) mass is 298 g/mol. The van der Waals surface area contributed by atoms with Gasteiger partial charge in [-0.25, -0.2) is 15.0 Å². The van der Waals surface area contributed by atoms with E-state index in [0.29, 0.717) is 29.4 Å². The van der Waals surface area contributed by atoms with Crippen molar-refractivity contribution in [3.8, 4) is 0 Å². The maximum atomic E-state index is 9.23. The molecule has 0 saturated heterocycles. The normalized spacial score (nSPS) is 12.5. The zero-order valence-corrected chi connectivity index (χ0v) is 12.3. The minimum atomic E-state index is -0.614. The van der Waals surface area contributed by atoms with Gasteiger partial charge in [0.15, 0.2) is 17.3 Å². The molecule has 0 fully saturated rings. The first-order valence-corrected chi connectivity index (χ1v) is 7.02. The Morgan fingerprint density at radius 3 is 2.77 bits per heavy atom. The number of hydrogen-bond acceptors (Lipinski definition) is 6. The van der Waals surface area contributed by atoms with Gasteiger partial charge in [-0.2, -0.15) is 0 Å². The molecule has 2 heterocycles. The standard InChI is InChI=1S/C15H18N6O/c1-21-9-18-12-14(17-7-10-5-3-2-4-6-10)19-13(11(16)8-22)20-15(12)21/h2-6,9,11,22H,7-8,16H2,1H3,(H,17,19,20). The minimum absolute atomic E-state index is 0.207. The van der Waals surface area contributed by atoms with Crippen molar-refractivity contribution < 1.29 is 5.11 Å². The van der Waals surface area contributed by atoms with Gasteiger partial charge in [0.2, 0.25) is 0 Å². The number of nitrogens with two attached hydrogens (primary N) is 1. The second-order valence-electron chi connectivity index (χ2n) is 5.09. The average molecular weight is 298 g/mol. The van der Waals surface area contributed by atoms with E-state index >= 15 is 0 Å². The maximum absolute atomic E-state index is 9.23. The lowest BCUT2D eigenvalue weighted by Crippen LogP contribution is -2.19. The Bertz CT molecular complexity index is 770. The van der Waals surface area contributed by atoms with Gasteiger partial charge >= 0.3 is 0 Å². The predicted molar refractivity (Wildman–Crippen MR) is 84.1 cm³/mol. The van der Waals surface area contributed by atoms with Gasteiger partial charge in [0, 0.05) is 13.6 Å². The summed E-state index contributed by atoms with van der Waals surface area (Å²) in [7, 11) is 1.86. The quantitative estimate of drug-likeness (QED) is 0.648. The van der Waals surface area contributed by atoms with E-state index in [-0.39, 0.29) is 6.61 Å². The van der Waals surface area contributed by atoms with Crippen LogP contribution in [0.1, 0.15) is 17.4 Å². The molecule has 0 spiro atoms. The highest BCUT2D eigenvalue weighted by Gasteiger charge is 2.15. The molecular weight excluding hydrogens is 280 g/mol. The molecule has 0 amide bonds. The highest BCUT2D eigenvalue weighted by Crippen LogP contribution is 2.20. The summed E-state index contributed by atoms with van der Waals surface area (Å²) in [6.45, 7) is 0.415. The third kappa shape index (κ3) is 2.76. The molecule has 0 aliphatic heterocycles. The number of hydrogen-bond donors (Lipinski definition) is 3. The minimum Gasteiger partial charge on any atom is -0.394 e. The van der Waals surface area contributed by atoms with E-state index in [9.17, 15) is 5.11 Å². The second kappa shape index (κ2) is 6.08. The number of anilines is 1. The van der Waals surface area contributed by atoms with Gasteiger partial charge in [0.05, 0.1) is 19.0 Å². The van der Waals surface area contributed by atoms with Gasteiger partial charge in [-0.15, -0.1) is 0 Å². The second-order valence-corrected chi connectivity index (χ2v) is 5.09. The van der Waals surface area contributed by atoms with E-state index in [2.05, 4.69) is 20.3 Å². The van der Waals surface area contributed by atoms with Gasteiger partial charge in [-0.1, -0.05) is 30.3 Å². The Morgan fingerprint density at radius 2 is 2.05 bits per heavy atom. The average Bonchev–Trinajstić information content (AvgIpc) is 2.94. The van der Waals surface area contributed by atoms with Gasteiger partial charge in [0.1, 0.15) is 5.52 Å². The van der Waals surface area contributed by atoms with Crippen LogP contribution in [0.4, 0.5) is 5.82 Å². The highest BCUT2D eigenvalue weighted by atomic mass is 16.3. The number of aryl methyl sites for hydroxylation is 1. The van der Waals surface area contributed by atoms with Crippen molar-refractivity contribution >= 4 is 17.0 Å². The largest absolute Gasteiger partial charge is 0.394 e. The number of benzene rings is 1. The van der Waals surface area contributed by atoms with Crippen molar-refractivity contribution in [2.45, 2.75) is 12.6 Å². The molecule has 0 aliphatic carbocycles. The summed E-state index contributed by atoms with van der Waals surface area (Å²) in [5.41, 5.74) is 8.36. The van der Waals surface area contributed by atoms with Crippen molar-refractivity contribution in [3.05, 3.63) is 48.0 Å². The topological polar surface area (TPSA) is 102 Å². The first kappa shape index (κ1) is 14.4. The first-order valence-electron chi connectivity index (χ1n) is 7.02. The van der Waals surface area contributed by atoms with Crippen LogP contribution in [-0.2, 0) is 13.6 Å². The molecule has 0 bridgehead atoms. The Labute approximate surface area is 127 Å². The fraction of sp³-hybridized carbons (Fsp3) is 0.267. The lowest BCUT2D eigenvalue weighted by molar-refractivity contribution is 0.263. The summed E-state index contributed by atoms with van der Waals surface area (Å²) in [5.74, 6) is 1.02. The van der Waals surface area contributed by atoms with Crippen molar-refractivity contribution in [1.29, 1.82) is 0 Å². The summed E-state index contributed by atoms with van der Waals surface area (Å²) in [4.78, 5) is 13.1. The predicted octanol–water partition coefficient (Wildman–Crippen LogP) is 0.967. The van der Waals surface area contributed by atoms with Crippen molar-refractivity contribution in [1.82, 2.24) is 19.5 Å². The lowest BCUT2D eigenvalue weighted by Gasteiger charge is -2.11. The van der Waals surface area contributed by atoms with Gasteiger partial charge < -0.3 is 20.7 Å². The summed E-state index contributed by atoms with van der Waals surface area (Å²) in [6.07, 6.45) is 1.68. The first-order chi connectivity index (χ1) is 10.7. The van der Waals surface area contributed by atoms with Crippen LogP contribution >= 0.6 is 0 Å². The van der Waals surface area contributed by atoms with E-state index in [4.69, 9.17) is 5.73 Å². The van der Waals surface area contributed by atoms with Gasteiger partial charge in [0.25, 0.3) is 0 Å². The molecule has 0 saturated carbocycles. The summed E-state index contributed by atoms with van der Waals surface area (Å²) >= 11 is 0. The van der Waals surface area contributed by atoms with Gasteiger partial charge in [-0.3, -0.25) is 0 Å². The Balaban J connectivity index is 1.96. The fourth-order valence-corrected chi connectivity index (χ4v) is 2.18. The maximum Gasteiger partial charge on any atom is 0.165 e. The molecule has 0 radical (unpaired) electrons. The van der Waals surface area contributed by atoms with E-state index in [1.54, 1.807) is 10.9 Å². The molecule has 1 atom stereocenters. The van der Waals surface area contributed by atoms with Crippen LogP contribution < -0.4 is 11.1 Å². The number of nitrogens with zero attached hydrogens (tertiary/aromatic N) is 4. The van der Waals surface area contributed by atoms with Gasteiger partial charge in [-0.05, 0) is 5.56 Å².